The number of aromatic nitrogens is 2. The molecule has 1 aromatic carbocycles. The smallest absolute Gasteiger partial charge is 0.339 e. The molecule has 2 aromatic rings. The second-order valence-corrected chi connectivity index (χ2v) is 4.30. The Balaban J connectivity index is 2.16. The van der Waals surface area contributed by atoms with Crippen LogP contribution in [0.15, 0.2) is 30.7 Å². The van der Waals surface area contributed by atoms with E-state index in [9.17, 15) is 4.79 Å². The van der Waals surface area contributed by atoms with Gasteiger partial charge in [-0.1, -0.05) is 6.07 Å². The molecule has 0 amide bonds. The third-order valence-electron chi connectivity index (χ3n) is 2.60. The molecule has 0 saturated heterocycles. The fourth-order valence-electron chi connectivity index (χ4n) is 1.82. The first-order chi connectivity index (χ1) is 9.06. The van der Waals surface area contributed by atoms with Crippen molar-refractivity contribution in [1.29, 1.82) is 0 Å². The van der Waals surface area contributed by atoms with Crippen LogP contribution < -0.4 is 4.74 Å². The van der Waals surface area contributed by atoms with Crippen molar-refractivity contribution in [2.45, 2.75) is 20.5 Å². The number of hydrogen-bond acceptors (Lipinski definition) is 4. The van der Waals surface area contributed by atoms with Crippen molar-refractivity contribution in [3.8, 4) is 5.75 Å². The average Bonchev–Trinajstić information content (AvgIpc) is 2.35. The van der Waals surface area contributed by atoms with Gasteiger partial charge in [0.25, 0.3) is 0 Å². The number of rotatable bonds is 4. The number of aromatic carboxylic acids is 1. The Morgan fingerprint density at radius 1 is 1.26 bits per heavy atom. The predicted molar refractivity (Wildman–Crippen MR) is 69.2 cm³/mol. The number of nitrogens with zero attached hydrogens (tertiary/aromatic N) is 2. The van der Waals surface area contributed by atoms with E-state index in [1.807, 2.05) is 32.0 Å². The highest BCUT2D eigenvalue weighted by Gasteiger charge is 2.11. The second kappa shape index (κ2) is 5.48. The van der Waals surface area contributed by atoms with Gasteiger partial charge in [0.15, 0.2) is 0 Å². The van der Waals surface area contributed by atoms with Crippen LogP contribution in [-0.4, -0.2) is 21.0 Å². The van der Waals surface area contributed by atoms with Crippen LogP contribution in [0, 0.1) is 13.8 Å². The largest absolute Gasteiger partial charge is 0.487 e. The van der Waals surface area contributed by atoms with E-state index in [2.05, 4.69) is 9.97 Å². The lowest BCUT2D eigenvalue weighted by atomic mass is 10.1. The second-order valence-electron chi connectivity index (χ2n) is 4.30. The fraction of sp³-hybridized carbons (Fsp3) is 0.214. The zero-order valence-corrected chi connectivity index (χ0v) is 10.8. The molecule has 0 aliphatic heterocycles. The quantitative estimate of drug-likeness (QED) is 0.911. The van der Waals surface area contributed by atoms with Crippen LogP contribution in [0.4, 0.5) is 0 Å². The van der Waals surface area contributed by atoms with Gasteiger partial charge in [-0.3, -0.25) is 0 Å². The molecule has 98 valence electrons. The molecule has 2 rings (SSSR count). The number of benzene rings is 1. The van der Waals surface area contributed by atoms with Crippen LogP contribution in [0.1, 0.15) is 27.2 Å². The van der Waals surface area contributed by atoms with Gasteiger partial charge < -0.3 is 9.84 Å². The zero-order chi connectivity index (χ0) is 13.8. The molecule has 5 nitrogen and oxygen atoms in total. The van der Waals surface area contributed by atoms with E-state index in [0.29, 0.717) is 11.4 Å². The summed E-state index contributed by atoms with van der Waals surface area (Å²) in [6.07, 6.45) is 2.59. The maximum atomic E-state index is 11.0. The Bertz CT molecular complexity index is 591. The maximum Gasteiger partial charge on any atom is 0.339 e. The number of aryl methyl sites for hydroxylation is 2. The molecule has 0 fully saturated rings. The first-order valence-corrected chi connectivity index (χ1v) is 5.79. The minimum absolute atomic E-state index is 0.0619. The molecule has 1 aromatic heterocycles. The van der Waals surface area contributed by atoms with Crippen molar-refractivity contribution < 1.29 is 14.6 Å². The number of carboxylic acids is 1. The molecule has 0 spiro atoms. The molecule has 0 unspecified atom stereocenters. The van der Waals surface area contributed by atoms with Gasteiger partial charge in [0, 0.05) is 6.20 Å². The van der Waals surface area contributed by atoms with E-state index < -0.39 is 5.97 Å². The summed E-state index contributed by atoms with van der Waals surface area (Å²) < 4.78 is 5.59. The molecule has 0 bridgehead atoms. The predicted octanol–water partition coefficient (Wildman–Crippen LogP) is 2.37. The van der Waals surface area contributed by atoms with Gasteiger partial charge in [-0.2, -0.15) is 0 Å². The highest BCUT2D eigenvalue weighted by molar-refractivity contribution is 5.88. The van der Waals surface area contributed by atoms with Crippen LogP contribution >= 0.6 is 0 Å². The molecule has 0 atom stereocenters. The molecule has 0 saturated carbocycles. The molecular weight excluding hydrogens is 244 g/mol. The molecule has 0 radical (unpaired) electrons. The maximum absolute atomic E-state index is 11.0. The van der Waals surface area contributed by atoms with Gasteiger partial charge in [-0.15, -0.1) is 0 Å². The molecule has 0 aliphatic carbocycles. The first-order valence-electron chi connectivity index (χ1n) is 5.79. The van der Waals surface area contributed by atoms with Gasteiger partial charge in [0.1, 0.15) is 24.2 Å². The molecule has 0 aliphatic rings. The third-order valence-corrected chi connectivity index (χ3v) is 2.60. The minimum Gasteiger partial charge on any atom is -0.487 e. The van der Waals surface area contributed by atoms with Crippen molar-refractivity contribution in [2.75, 3.05) is 0 Å². The van der Waals surface area contributed by atoms with E-state index in [4.69, 9.17) is 9.84 Å². The summed E-state index contributed by atoms with van der Waals surface area (Å²) in [5, 5.41) is 9.02. The highest BCUT2D eigenvalue weighted by Crippen LogP contribution is 2.18. The SMILES string of the molecule is Cc1cc(C)cc(OCc2ncncc2C(=O)O)c1. The van der Waals surface area contributed by atoms with Gasteiger partial charge >= 0.3 is 5.97 Å². The van der Waals surface area contributed by atoms with Crippen LogP contribution in [-0.2, 0) is 6.61 Å². The van der Waals surface area contributed by atoms with Crippen LogP contribution in [0.25, 0.3) is 0 Å². The number of carbonyl (C=O) groups is 1. The summed E-state index contributed by atoms with van der Waals surface area (Å²) in [4.78, 5) is 18.7. The summed E-state index contributed by atoms with van der Waals surface area (Å²) in [5.74, 6) is -0.355. The average molecular weight is 258 g/mol. The number of carboxylic acid groups (broad SMARTS) is 1. The number of ether oxygens (including phenoxy) is 1. The Kier molecular flexibility index (Phi) is 3.75. The van der Waals surface area contributed by atoms with Crippen molar-refractivity contribution in [3.05, 3.63) is 53.1 Å². The van der Waals surface area contributed by atoms with E-state index in [1.54, 1.807) is 0 Å². The van der Waals surface area contributed by atoms with Crippen LogP contribution in [0.2, 0.25) is 0 Å². The molecule has 19 heavy (non-hydrogen) atoms. The van der Waals surface area contributed by atoms with Crippen molar-refractivity contribution >= 4 is 5.97 Å². The van der Waals surface area contributed by atoms with Gasteiger partial charge in [-0.25, -0.2) is 14.8 Å². The summed E-state index contributed by atoms with van der Waals surface area (Å²) in [6, 6.07) is 5.84. The lowest BCUT2D eigenvalue weighted by molar-refractivity contribution is 0.0692. The van der Waals surface area contributed by atoms with Crippen LogP contribution in [0.5, 0.6) is 5.75 Å². The van der Waals surface area contributed by atoms with E-state index in [0.717, 1.165) is 11.1 Å². The molecule has 5 heteroatoms. The van der Waals surface area contributed by atoms with Crippen LogP contribution in [0.3, 0.4) is 0 Å². The molecular formula is C14H14N2O3. The van der Waals surface area contributed by atoms with E-state index in [1.165, 1.54) is 12.5 Å². The number of hydrogen-bond donors (Lipinski definition) is 1. The van der Waals surface area contributed by atoms with Crippen molar-refractivity contribution in [3.63, 3.8) is 0 Å². The third kappa shape index (κ3) is 3.28. The standard InChI is InChI=1S/C14H14N2O3/c1-9-3-10(2)5-11(4-9)19-7-13-12(14(17)18)6-15-8-16-13/h3-6,8H,7H2,1-2H3,(H,17,18). The normalized spacial score (nSPS) is 10.2. The molecule has 1 N–H and O–H groups in total. The summed E-state index contributed by atoms with van der Waals surface area (Å²) >= 11 is 0. The Hall–Kier alpha value is -2.43. The Morgan fingerprint density at radius 3 is 2.58 bits per heavy atom. The van der Waals surface area contributed by atoms with E-state index >= 15 is 0 Å². The molecule has 1 heterocycles. The van der Waals surface area contributed by atoms with Crippen molar-refractivity contribution in [1.82, 2.24) is 9.97 Å². The van der Waals surface area contributed by atoms with Gasteiger partial charge in [0.05, 0.1) is 5.69 Å². The van der Waals surface area contributed by atoms with Gasteiger partial charge in [-0.05, 0) is 37.1 Å². The lowest BCUT2D eigenvalue weighted by Gasteiger charge is -2.09. The topological polar surface area (TPSA) is 72.3 Å². The highest BCUT2D eigenvalue weighted by atomic mass is 16.5. The summed E-state index contributed by atoms with van der Waals surface area (Å²) in [6.45, 7) is 4.06. The van der Waals surface area contributed by atoms with E-state index in [-0.39, 0.29) is 12.2 Å². The summed E-state index contributed by atoms with van der Waals surface area (Å²) in [5.41, 5.74) is 2.61. The summed E-state index contributed by atoms with van der Waals surface area (Å²) in [7, 11) is 0. The Morgan fingerprint density at radius 2 is 1.95 bits per heavy atom. The monoisotopic (exact) mass is 258 g/mol. The zero-order valence-electron chi connectivity index (χ0n) is 10.8. The Labute approximate surface area is 110 Å². The first kappa shape index (κ1) is 13.0. The lowest BCUT2D eigenvalue weighted by Crippen LogP contribution is -2.08. The van der Waals surface area contributed by atoms with Crippen molar-refractivity contribution in [2.24, 2.45) is 0 Å². The van der Waals surface area contributed by atoms with Gasteiger partial charge in [0.2, 0.25) is 0 Å². The fourth-order valence-corrected chi connectivity index (χ4v) is 1.82. The minimum atomic E-state index is -1.06.